The molecule has 0 atom stereocenters. The number of nitrogens with zero attached hydrogens (tertiary/aromatic N) is 3. The molecular formula is C13H24N6O2. The molecule has 0 unspecified atom stereocenters. The maximum absolute atomic E-state index is 11.4. The van der Waals surface area contributed by atoms with Crippen molar-refractivity contribution in [3.8, 4) is 6.01 Å². The first kappa shape index (κ1) is 16.9. The minimum absolute atomic E-state index is 0.00609. The van der Waals surface area contributed by atoms with Crippen molar-refractivity contribution in [1.29, 1.82) is 0 Å². The van der Waals surface area contributed by atoms with Crippen LogP contribution in [0.15, 0.2) is 0 Å². The van der Waals surface area contributed by atoms with Crippen LogP contribution in [-0.4, -0.2) is 47.1 Å². The van der Waals surface area contributed by atoms with Crippen molar-refractivity contribution in [2.45, 2.75) is 33.6 Å². The Kier molecular flexibility index (Phi) is 7.85. The van der Waals surface area contributed by atoms with Gasteiger partial charge in [0, 0.05) is 26.1 Å². The lowest BCUT2D eigenvalue weighted by Crippen LogP contribution is -2.25. The van der Waals surface area contributed by atoms with Crippen LogP contribution >= 0.6 is 0 Å². The van der Waals surface area contributed by atoms with Crippen molar-refractivity contribution < 1.29 is 9.53 Å². The molecular weight excluding hydrogens is 272 g/mol. The highest BCUT2D eigenvalue weighted by Crippen LogP contribution is 2.11. The molecule has 3 N–H and O–H groups in total. The normalized spacial score (nSPS) is 10.0. The number of nitrogens with one attached hydrogen (secondary N) is 3. The third-order valence-electron chi connectivity index (χ3n) is 2.43. The van der Waals surface area contributed by atoms with Gasteiger partial charge in [-0.2, -0.15) is 15.0 Å². The number of ether oxygens (including phenoxy) is 1. The smallest absolute Gasteiger partial charge is 0.323 e. The van der Waals surface area contributed by atoms with Crippen LogP contribution in [0.4, 0.5) is 11.9 Å². The van der Waals surface area contributed by atoms with E-state index < -0.39 is 0 Å². The second-order valence-electron chi connectivity index (χ2n) is 4.26. The van der Waals surface area contributed by atoms with Crippen LogP contribution in [0.2, 0.25) is 0 Å². The highest BCUT2D eigenvalue weighted by molar-refractivity contribution is 5.76. The Morgan fingerprint density at radius 3 is 2.29 bits per heavy atom. The van der Waals surface area contributed by atoms with E-state index in [1.807, 2.05) is 13.8 Å². The Balaban J connectivity index is 2.61. The molecule has 1 amide bonds. The van der Waals surface area contributed by atoms with Crippen LogP contribution < -0.4 is 20.7 Å². The zero-order valence-electron chi connectivity index (χ0n) is 12.9. The van der Waals surface area contributed by atoms with Crippen molar-refractivity contribution in [2.75, 3.05) is 36.9 Å². The van der Waals surface area contributed by atoms with E-state index >= 15 is 0 Å². The molecule has 0 aliphatic rings. The Labute approximate surface area is 125 Å². The lowest BCUT2D eigenvalue weighted by molar-refractivity contribution is -0.120. The number of hydrogen-bond donors (Lipinski definition) is 3. The number of carbonyl (C=O) groups excluding carboxylic acids is 1. The zero-order chi connectivity index (χ0) is 15.5. The van der Waals surface area contributed by atoms with E-state index in [9.17, 15) is 4.79 Å². The summed E-state index contributed by atoms with van der Waals surface area (Å²) in [6.07, 6.45) is 1.33. The van der Waals surface area contributed by atoms with Gasteiger partial charge in [0.25, 0.3) is 0 Å². The molecule has 0 saturated heterocycles. The van der Waals surface area contributed by atoms with Crippen molar-refractivity contribution in [2.24, 2.45) is 0 Å². The maximum atomic E-state index is 11.4. The zero-order valence-corrected chi connectivity index (χ0v) is 12.9. The fourth-order valence-electron chi connectivity index (χ4n) is 1.52. The van der Waals surface area contributed by atoms with Gasteiger partial charge >= 0.3 is 6.01 Å². The minimum Gasteiger partial charge on any atom is -0.464 e. The van der Waals surface area contributed by atoms with Gasteiger partial charge < -0.3 is 20.7 Å². The number of anilines is 2. The summed E-state index contributed by atoms with van der Waals surface area (Å²) in [6.45, 7) is 8.15. The van der Waals surface area contributed by atoms with Crippen LogP contribution in [0, 0.1) is 0 Å². The SMILES string of the molecule is CCCNc1nc(NCCC(=O)NCC)nc(OCC)n1. The molecule has 0 aromatic carbocycles. The number of hydrogen-bond acceptors (Lipinski definition) is 7. The third kappa shape index (κ3) is 6.73. The molecule has 1 aromatic rings. The summed E-state index contributed by atoms with van der Waals surface area (Å²) in [5, 5.41) is 8.83. The molecule has 0 fully saturated rings. The van der Waals surface area contributed by atoms with Gasteiger partial charge in [-0.25, -0.2) is 0 Å². The predicted molar refractivity (Wildman–Crippen MR) is 81.6 cm³/mol. The number of amides is 1. The van der Waals surface area contributed by atoms with Gasteiger partial charge in [0.15, 0.2) is 0 Å². The molecule has 8 heteroatoms. The molecule has 0 saturated carbocycles. The predicted octanol–water partition coefficient (Wildman–Crippen LogP) is 1.03. The third-order valence-corrected chi connectivity index (χ3v) is 2.43. The second-order valence-corrected chi connectivity index (χ2v) is 4.26. The van der Waals surface area contributed by atoms with Crippen LogP contribution in [0.25, 0.3) is 0 Å². The summed E-state index contributed by atoms with van der Waals surface area (Å²) in [6, 6.07) is 0.270. The summed E-state index contributed by atoms with van der Waals surface area (Å²) >= 11 is 0. The lowest BCUT2D eigenvalue weighted by atomic mass is 10.4. The van der Waals surface area contributed by atoms with Gasteiger partial charge in [-0.05, 0) is 20.3 Å². The average Bonchev–Trinajstić information content (AvgIpc) is 2.45. The van der Waals surface area contributed by atoms with E-state index in [0.29, 0.717) is 38.0 Å². The average molecular weight is 296 g/mol. The molecule has 0 aliphatic heterocycles. The van der Waals surface area contributed by atoms with E-state index in [0.717, 1.165) is 13.0 Å². The molecule has 1 aromatic heterocycles. The quantitative estimate of drug-likeness (QED) is 0.592. The Hall–Kier alpha value is -2.12. The minimum atomic E-state index is -0.00609. The van der Waals surface area contributed by atoms with Gasteiger partial charge in [-0.15, -0.1) is 0 Å². The van der Waals surface area contributed by atoms with Crippen LogP contribution in [0.3, 0.4) is 0 Å². The van der Waals surface area contributed by atoms with Crippen LogP contribution in [0.5, 0.6) is 6.01 Å². The van der Waals surface area contributed by atoms with Gasteiger partial charge in [-0.3, -0.25) is 4.79 Å². The first-order valence-corrected chi connectivity index (χ1v) is 7.32. The maximum Gasteiger partial charge on any atom is 0.323 e. The van der Waals surface area contributed by atoms with Crippen molar-refractivity contribution >= 4 is 17.8 Å². The van der Waals surface area contributed by atoms with Gasteiger partial charge in [0.05, 0.1) is 6.61 Å². The largest absolute Gasteiger partial charge is 0.464 e. The highest BCUT2D eigenvalue weighted by atomic mass is 16.5. The Morgan fingerprint density at radius 2 is 1.71 bits per heavy atom. The topological polar surface area (TPSA) is 101 Å². The van der Waals surface area contributed by atoms with Crippen molar-refractivity contribution in [3.63, 3.8) is 0 Å². The molecule has 0 bridgehead atoms. The van der Waals surface area contributed by atoms with Crippen molar-refractivity contribution in [3.05, 3.63) is 0 Å². The first-order chi connectivity index (χ1) is 10.2. The summed E-state index contributed by atoms with van der Waals surface area (Å²) in [4.78, 5) is 23.9. The molecule has 0 radical (unpaired) electrons. The molecule has 118 valence electrons. The van der Waals surface area contributed by atoms with E-state index in [2.05, 4.69) is 37.8 Å². The van der Waals surface area contributed by atoms with Crippen LogP contribution in [0.1, 0.15) is 33.6 Å². The van der Waals surface area contributed by atoms with Gasteiger partial charge in [0.2, 0.25) is 17.8 Å². The molecule has 8 nitrogen and oxygen atoms in total. The summed E-state index contributed by atoms with van der Waals surface area (Å²) in [5.74, 6) is 0.862. The summed E-state index contributed by atoms with van der Waals surface area (Å²) < 4.78 is 5.31. The summed E-state index contributed by atoms with van der Waals surface area (Å²) in [5.41, 5.74) is 0. The Bertz CT molecular complexity index is 441. The second kappa shape index (κ2) is 9.73. The molecule has 0 aliphatic carbocycles. The fourth-order valence-corrected chi connectivity index (χ4v) is 1.52. The van der Waals surface area contributed by atoms with Gasteiger partial charge in [0.1, 0.15) is 0 Å². The highest BCUT2D eigenvalue weighted by Gasteiger charge is 2.07. The monoisotopic (exact) mass is 296 g/mol. The molecule has 21 heavy (non-hydrogen) atoms. The van der Waals surface area contributed by atoms with E-state index in [1.54, 1.807) is 0 Å². The molecule has 1 heterocycles. The number of carbonyl (C=O) groups is 1. The van der Waals surface area contributed by atoms with Crippen LogP contribution in [-0.2, 0) is 4.79 Å². The standard InChI is InChI=1S/C13H24N6O2/c1-4-8-15-11-17-12(19-13(18-11)21-6-3)16-9-7-10(20)14-5-2/h4-9H2,1-3H3,(H,14,20)(H2,15,16,17,18,19). The van der Waals surface area contributed by atoms with E-state index in [-0.39, 0.29) is 11.9 Å². The summed E-state index contributed by atoms with van der Waals surface area (Å²) in [7, 11) is 0. The molecule has 0 spiro atoms. The molecule has 1 rings (SSSR count). The first-order valence-electron chi connectivity index (χ1n) is 7.32. The number of rotatable bonds is 10. The number of aromatic nitrogens is 3. The van der Waals surface area contributed by atoms with Crippen molar-refractivity contribution in [1.82, 2.24) is 20.3 Å². The van der Waals surface area contributed by atoms with E-state index in [1.165, 1.54) is 0 Å². The Morgan fingerprint density at radius 1 is 1.05 bits per heavy atom. The lowest BCUT2D eigenvalue weighted by Gasteiger charge is -2.09. The van der Waals surface area contributed by atoms with E-state index in [4.69, 9.17) is 4.74 Å². The van der Waals surface area contributed by atoms with Gasteiger partial charge in [-0.1, -0.05) is 6.92 Å². The fraction of sp³-hybridized carbons (Fsp3) is 0.692.